The Kier molecular flexibility index (Phi) is 6.74. The third-order valence-electron chi connectivity index (χ3n) is 4.31. The SMILES string of the molecule is O=C(NCCSc1ncn[nH]1)C1CCN(S(=O)(=O)c2ccc(Cl)cc2)CC1. The molecule has 0 aliphatic carbocycles. The third-order valence-corrected chi connectivity index (χ3v) is 7.35. The number of nitrogens with one attached hydrogen (secondary N) is 2. The number of H-pyrrole nitrogens is 1. The van der Waals surface area contributed by atoms with E-state index in [9.17, 15) is 13.2 Å². The van der Waals surface area contributed by atoms with Crippen molar-refractivity contribution in [3.8, 4) is 0 Å². The minimum atomic E-state index is -3.55. The number of hydrogen-bond acceptors (Lipinski definition) is 6. The molecule has 3 rings (SSSR count). The molecule has 0 bridgehead atoms. The third kappa shape index (κ3) is 5.22. The van der Waals surface area contributed by atoms with Gasteiger partial charge < -0.3 is 5.32 Å². The van der Waals surface area contributed by atoms with Crippen LogP contribution in [0.15, 0.2) is 40.6 Å². The van der Waals surface area contributed by atoms with E-state index >= 15 is 0 Å². The number of halogens is 1. The van der Waals surface area contributed by atoms with Crippen LogP contribution in [0.5, 0.6) is 0 Å². The molecule has 1 fully saturated rings. The maximum absolute atomic E-state index is 12.7. The summed E-state index contributed by atoms with van der Waals surface area (Å²) < 4.78 is 26.8. The number of piperidine rings is 1. The number of amides is 1. The van der Waals surface area contributed by atoms with Crippen LogP contribution in [0.2, 0.25) is 5.02 Å². The molecule has 1 aliphatic rings. The molecule has 1 aromatic carbocycles. The number of carbonyl (C=O) groups is 1. The Morgan fingerprint density at radius 1 is 1.30 bits per heavy atom. The molecule has 8 nitrogen and oxygen atoms in total. The summed E-state index contributed by atoms with van der Waals surface area (Å²) in [5.41, 5.74) is 0. The summed E-state index contributed by atoms with van der Waals surface area (Å²) in [7, 11) is -3.55. The molecule has 11 heteroatoms. The predicted octanol–water partition coefficient (Wildman–Crippen LogP) is 1.77. The highest BCUT2D eigenvalue weighted by atomic mass is 35.5. The normalized spacial score (nSPS) is 16.3. The van der Waals surface area contributed by atoms with E-state index in [1.165, 1.54) is 34.5 Å². The number of rotatable bonds is 7. The lowest BCUT2D eigenvalue weighted by molar-refractivity contribution is -0.125. The minimum Gasteiger partial charge on any atom is -0.355 e. The monoisotopic (exact) mass is 429 g/mol. The molecule has 1 amide bonds. The van der Waals surface area contributed by atoms with Crippen molar-refractivity contribution in [1.82, 2.24) is 24.8 Å². The average molecular weight is 430 g/mol. The molecule has 146 valence electrons. The molecule has 0 spiro atoms. The molecule has 1 aliphatic heterocycles. The zero-order chi connectivity index (χ0) is 19.3. The van der Waals surface area contributed by atoms with Gasteiger partial charge in [0.2, 0.25) is 15.9 Å². The molecule has 2 heterocycles. The number of aromatic nitrogens is 3. The van der Waals surface area contributed by atoms with Gasteiger partial charge >= 0.3 is 0 Å². The van der Waals surface area contributed by atoms with Gasteiger partial charge in [0, 0.05) is 36.3 Å². The van der Waals surface area contributed by atoms with Crippen LogP contribution in [-0.4, -0.2) is 59.2 Å². The van der Waals surface area contributed by atoms with Crippen LogP contribution >= 0.6 is 23.4 Å². The second-order valence-corrected chi connectivity index (χ2v) is 9.52. The zero-order valence-corrected chi connectivity index (χ0v) is 16.9. The zero-order valence-electron chi connectivity index (χ0n) is 14.5. The Hall–Kier alpha value is -1.62. The standard InChI is InChI=1S/C16H20ClN5O3S2/c17-13-1-3-14(4-2-13)27(24,25)22-8-5-12(6-9-22)15(23)18-7-10-26-16-19-11-20-21-16/h1-4,11-12H,5-10H2,(H,18,23)(H,19,20,21). The Labute approximate surface area is 167 Å². The van der Waals surface area contributed by atoms with Crippen molar-refractivity contribution in [2.45, 2.75) is 22.9 Å². The number of nitrogens with zero attached hydrogens (tertiary/aromatic N) is 3. The summed E-state index contributed by atoms with van der Waals surface area (Å²) in [5.74, 6) is 0.485. The Morgan fingerprint density at radius 3 is 2.63 bits per heavy atom. The number of hydrogen-bond donors (Lipinski definition) is 2. The summed E-state index contributed by atoms with van der Waals surface area (Å²) >= 11 is 7.30. The van der Waals surface area contributed by atoms with Crippen molar-refractivity contribution in [2.75, 3.05) is 25.4 Å². The number of thioether (sulfide) groups is 1. The lowest BCUT2D eigenvalue weighted by Gasteiger charge is -2.30. The molecule has 1 aromatic heterocycles. The van der Waals surface area contributed by atoms with Crippen LogP contribution < -0.4 is 5.32 Å². The van der Waals surface area contributed by atoms with E-state index in [2.05, 4.69) is 20.5 Å². The molecule has 1 saturated heterocycles. The molecule has 2 N–H and O–H groups in total. The van der Waals surface area contributed by atoms with Crippen molar-refractivity contribution in [3.63, 3.8) is 0 Å². The van der Waals surface area contributed by atoms with Gasteiger partial charge in [-0.25, -0.2) is 13.4 Å². The number of carbonyl (C=O) groups excluding carboxylic acids is 1. The first-order valence-corrected chi connectivity index (χ1v) is 11.3. The molecule has 2 aromatic rings. The van der Waals surface area contributed by atoms with Crippen molar-refractivity contribution in [2.24, 2.45) is 5.92 Å². The first-order chi connectivity index (χ1) is 13.0. The fraction of sp³-hybridized carbons (Fsp3) is 0.438. The molecule has 0 atom stereocenters. The molecule has 27 heavy (non-hydrogen) atoms. The quantitative estimate of drug-likeness (QED) is 0.513. The maximum atomic E-state index is 12.7. The highest BCUT2D eigenvalue weighted by Crippen LogP contribution is 2.25. The molecule has 0 unspecified atom stereocenters. The van der Waals surface area contributed by atoms with Crippen LogP contribution in [-0.2, 0) is 14.8 Å². The van der Waals surface area contributed by atoms with E-state index in [-0.39, 0.29) is 16.7 Å². The van der Waals surface area contributed by atoms with Gasteiger partial charge in [0.1, 0.15) is 6.33 Å². The lowest BCUT2D eigenvalue weighted by atomic mass is 9.97. The van der Waals surface area contributed by atoms with Crippen LogP contribution in [0.3, 0.4) is 0 Å². The van der Waals surface area contributed by atoms with Gasteiger partial charge in [-0.1, -0.05) is 23.4 Å². The number of aromatic amines is 1. The summed E-state index contributed by atoms with van der Waals surface area (Å²) in [4.78, 5) is 16.5. The van der Waals surface area contributed by atoms with Gasteiger partial charge in [0.25, 0.3) is 0 Å². The van der Waals surface area contributed by atoms with Crippen molar-refractivity contribution >= 4 is 39.3 Å². The molecule has 0 saturated carbocycles. The smallest absolute Gasteiger partial charge is 0.243 e. The van der Waals surface area contributed by atoms with Crippen LogP contribution in [0.4, 0.5) is 0 Å². The number of benzene rings is 1. The van der Waals surface area contributed by atoms with Gasteiger partial charge in [0.15, 0.2) is 5.16 Å². The van der Waals surface area contributed by atoms with Crippen LogP contribution in [0.1, 0.15) is 12.8 Å². The molecule has 0 radical (unpaired) electrons. The molecular formula is C16H20ClN5O3S2. The fourth-order valence-electron chi connectivity index (χ4n) is 2.84. The topological polar surface area (TPSA) is 108 Å². The van der Waals surface area contributed by atoms with Gasteiger partial charge in [-0.3, -0.25) is 9.89 Å². The second kappa shape index (κ2) is 9.05. The van der Waals surface area contributed by atoms with Gasteiger partial charge in [0.05, 0.1) is 4.90 Å². The highest BCUT2D eigenvalue weighted by molar-refractivity contribution is 7.99. The van der Waals surface area contributed by atoms with Gasteiger partial charge in [-0.05, 0) is 37.1 Å². The Morgan fingerprint density at radius 2 is 2.00 bits per heavy atom. The Balaban J connectivity index is 1.45. The second-order valence-electron chi connectivity index (χ2n) is 6.06. The number of sulfonamides is 1. The van der Waals surface area contributed by atoms with Crippen molar-refractivity contribution in [3.05, 3.63) is 35.6 Å². The maximum Gasteiger partial charge on any atom is 0.243 e. The first kappa shape index (κ1) is 20.1. The van der Waals surface area contributed by atoms with Gasteiger partial charge in [-0.15, -0.1) is 0 Å². The van der Waals surface area contributed by atoms with E-state index in [0.29, 0.717) is 48.4 Å². The summed E-state index contributed by atoms with van der Waals surface area (Å²) in [6.45, 7) is 1.18. The summed E-state index contributed by atoms with van der Waals surface area (Å²) in [6, 6.07) is 6.13. The van der Waals surface area contributed by atoms with Crippen LogP contribution in [0, 0.1) is 5.92 Å². The van der Waals surface area contributed by atoms with E-state index in [4.69, 9.17) is 11.6 Å². The fourth-order valence-corrected chi connectivity index (χ4v) is 5.08. The predicted molar refractivity (Wildman–Crippen MR) is 103 cm³/mol. The highest BCUT2D eigenvalue weighted by Gasteiger charge is 2.31. The van der Waals surface area contributed by atoms with E-state index in [0.717, 1.165) is 0 Å². The van der Waals surface area contributed by atoms with E-state index in [1.807, 2.05) is 0 Å². The summed E-state index contributed by atoms with van der Waals surface area (Å²) in [6.07, 6.45) is 2.45. The van der Waals surface area contributed by atoms with Crippen LogP contribution in [0.25, 0.3) is 0 Å². The minimum absolute atomic E-state index is 0.0308. The Bertz CT molecular complexity index is 851. The van der Waals surface area contributed by atoms with Crippen molar-refractivity contribution < 1.29 is 13.2 Å². The molecular weight excluding hydrogens is 410 g/mol. The average Bonchev–Trinajstić information content (AvgIpc) is 3.19. The summed E-state index contributed by atoms with van der Waals surface area (Å²) in [5, 5.41) is 10.6. The lowest BCUT2D eigenvalue weighted by Crippen LogP contribution is -2.43. The van der Waals surface area contributed by atoms with E-state index < -0.39 is 10.0 Å². The largest absolute Gasteiger partial charge is 0.355 e. The van der Waals surface area contributed by atoms with Crippen molar-refractivity contribution in [1.29, 1.82) is 0 Å². The van der Waals surface area contributed by atoms with Gasteiger partial charge in [-0.2, -0.15) is 9.40 Å². The van der Waals surface area contributed by atoms with E-state index in [1.54, 1.807) is 12.1 Å². The first-order valence-electron chi connectivity index (χ1n) is 8.48.